The van der Waals surface area contributed by atoms with Crippen LogP contribution in [0.2, 0.25) is 0 Å². The van der Waals surface area contributed by atoms with Crippen LogP contribution >= 0.6 is 0 Å². The van der Waals surface area contributed by atoms with Crippen molar-refractivity contribution in [3.05, 3.63) is 35.4 Å². The summed E-state index contributed by atoms with van der Waals surface area (Å²) in [6, 6.07) is 8.00. The number of rotatable bonds is 2. The van der Waals surface area contributed by atoms with Gasteiger partial charge in [0.15, 0.2) is 0 Å². The molecule has 3 nitrogen and oxygen atoms in total. The summed E-state index contributed by atoms with van der Waals surface area (Å²) in [6.07, 6.45) is 2.21. The van der Waals surface area contributed by atoms with Crippen molar-refractivity contribution >= 4 is 5.91 Å². The number of nitrogens with one attached hydrogen (secondary N) is 1. The molecule has 1 aliphatic rings. The molecule has 3 atom stereocenters. The van der Waals surface area contributed by atoms with Crippen LogP contribution in [0.1, 0.15) is 37.4 Å². The fraction of sp³-hybridized carbons (Fsp3) is 0.500. The average molecular weight is 232 g/mol. The first-order valence-electron chi connectivity index (χ1n) is 6.23. The molecule has 3 heteroatoms. The molecular formula is C14H20N2O. The second-order valence-electron chi connectivity index (χ2n) is 4.99. The zero-order valence-corrected chi connectivity index (χ0v) is 10.4. The van der Waals surface area contributed by atoms with Gasteiger partial charge in [-0.15, -0.1) is 0 Å². The molecule has 2 rings (SSSR count). The summed E-state index contributed by atoms with van der Waals surface area (Å²) in [5.74, 6) is 0.395. The second kappa shape index (κ2) is 4.88. The van der Waals surface area contributed by atoms with Gasteiger partial charge in [-0.2, -0.15) is 0 Å². The molecule has 1 aliphatic carbocycles. The van der Waals surface area contributed by atoms with Gasteiger partial charge in [0.25, 0.3) is 0 Å². The number of carbonyl (C=O) groups is 1. The second-order valence-corrected chi connectivity index (χ2v) is 4.99. The van der Waals surface area contributed by atoms with Crippen molar-refractivity contribution in [2.75, 3.05) is 0 Å². The molecule has 1 aromatic carbocycles. The molecule has 0 heterocycles. The number of nitrogens with two attached hydrogens (primary N) is 1. The first kappa shape index (κ1) is 12.1. The van der Waals surface area contributed by atoms with E-state index in [0.717, 1.165) is 12.8 Å². The SMILES string of the molecule is CC(N)C(=O)NC1c2ccccc2CCC1C. The highest BCUT2D eigenvalue weighted by atomic mass is 16.2. The van der Waals surface area contributed by atoms with Gasteiger partial charge in [-0.05, 0) is 36.8 Å². The average Bonchev–Trinajstić information content (AvgIpc) is 2.32. The molecule has 0 aliphatic heterocycles. The number of amides is 1. The summed E-state index contributed by atoms with van der Waals surface area (Å²) < 4.78 is 0. The van der Waals surface area contributed by atoms with Gasteiger partial charge in [-0.1, -0.05) is 31.2 Å². The lowest BCUT2D eigenvalue weighted by atomic mass is 9.80. The number of aryl methyl sites for hydroxylation is 1. The van der Waals surface area contributed by atoms with Crippen LogP contribution in [0.4, 0.5) is 0 Å². The molecule has 0 saturated heterocycles. The van der Waals surface area contributed by atoms with Crippen LogP contribution in [0.25, 0.3) is 0 Å². The predicted octanol–water partition coefficient (Wildman–Crippen LogP) is 1.77. The largest absolute Gasteiger partial charge is 0.348 e. The van der Waals surface area contributed by atoms with E-state index in [1.807, 2.05) is 6.07 Å². The molecule has 0 aromatic heterocycles. The van der Waals surface area contributed by atoms with Crippen LogP contribution in [-0.2, 0) is 11.2 Å². The van der Waals surface area contributed by atoms with Crippen LogP contribution in [0.15, 0.2) is 24.3 Å². The van der Waals surface area contributed by atoms with Gasteiger partial charge in [0.1, 0.15) is 0 Å². The third-order valence-corrected chi connectivity index (χ3v) is 3.54. The van der Waals surface area contributed by atoms with E-state index in [9.17, 15) is 4.79 Å². The standard InChI is InChI=1S/C14H20N2O/c1-9-7-8-11-5-3-4-6-12(11)13(9)16-14(17)10(2)15/h3-6,9-10,13H,7-8,15H2,1-2H3,(H,16,17). The molecule has 92 valence electrons. The van der Waals surface area contributed by atoms with Crippen molar-refractivity contribution in [2.24, 2.45) is 11.7 Å². The molecule has 0 radical (unpaired) electrons. The molecule has 17 heavy (non-hydrogen) atoms. The Morgan fingerprint density at radius 3 is 2.88 bits per heavy atom. The van der Waals surface area contributed by atoms with Crippen LogP contribution in [0.5, 0.6) is 0 Å². The van der Waals surface area contributed by atoms with Crippen LogP contribution in [-0.4, -0.2) is 11.9 Å². The summed E-state index contributed by atoms with van der Waals surface area (Å²) in [6.45, 7) is 3.90. The van der Waals surface area contributed by atoms with Gasteiger partial charge >= 0.3 is 0 Å². The molecule has 1 aromatic rings. The number of hydrogen-bond donors (Lipinski definition) is 2. The van der Waals surface area contributed by atoms with E-state index >= 15 is 0 Å². The van der Waals surface area contributed by atoms with Crippen LogP contribution in [0.3, 0.4) is 0 Å². The normalized spacial score (nSPS) is 24.9. The van der Waals surface area contributed by atoms with Crippen molar-refractivity contribution in [3.63, 3.8) is 0 Å². The molecule has 3 unspecified atom stereocenters. The maximum absolute atomic E-state index is 11.7. The van der Waals surface area contributed by atoms with Gasteiger partial charge in [-0.25, -0.2) is 0 Å². The Morgan fingerprint density at radius 2 is 2.18 bits per heavy atom. The highest BCUT2D eigenvalue weighted by Crippen LogP contribution is 2.33. The lowest BCUT2D eigenvalue weighted by Gasteiger charge is -2.32. The van der Waals surface area contributed by atoms with Crippen molar-refractivity contribution in [1.29, 1.82) is 0 Å². The number of carbonyl (C=O) groups excluding carboxylic acids is 1. The van der Waals surface area contributed by atoms with E-state index in [4.69, 9.17) is 5.73 Å². The predicted molar refractivity (Wildman–Crippen MR) is 68.5 cm³/mol. The first-order chi connectivity index (χ1) is 8.09. The fourth-order valence-corrected chi connectivity index (χ4v) is 2.43. The van der Waals surface area contributed by atoms with E-state index in [-0.39, 0.29) is 11.9 Å². The van der Waals surface area contributed by atoms with Gasteiger partial charge in [-0.3, -0.25) is 4.79 Å². The Morgan fingerprint density at radius 1 is 1.47 bits per heavy atom. The Bertz CT molecular complexity index is 414. The Balaban J connectivity index is 2.24. The maximum Gasteiger partial charge on any atom is 0.237 e. The van der Waals surface area contributed by atoms with Crippen molar-refractivity contribution in [3.8, 4) is 0 Å². The highest BCUT2D eigenvalue weighted by molar-refractivity contribution is 5.81. The lowest BCUT2D eigenvalue weighted by molar-refractivity contribution is -0.123. The van der Waals surface area contributed by atoms with E-state index in [0.29, 0.717) is 5.92 Å². The first-order valence-corrected chi connectivity index (χ1v) is 6.23. The zero-order chi connectivity index (χ0) is 12.4. The lowest BCUT2D eigenvalue weighted by Crippen LogP contribution is -2.43. The van der Waals surface area contributed by atoms with Crippen LogP contribution in [0, 0.1) is 5.92 Å². The molecule has 1 amide bonds. The summed E-state index contributed by atoms with van der Waals surface area (Å²) in [7, 11) is 0. The third-order valence-electron chi connectivity index (χ3n) is 3.54. The van der Waals surface area contributed by atoms with Gasteiger partial charge in [0, 0.05) is 0 Å². The number of fused-ring (bicyclic) bond motifs is 1. The minimum Gasteiger partial charge on any atom is -0.348 e. The van der Waals surface area contributed by atoms with Gasteiger partial charge < -0.3 is 11.1 Å². The van der Waals surface area contributed by atoms with Crippen molar-refractivity contribution < 1.29 is 4.79 Å². The van der Waals surface area contributed by atoms with Gasteiger partial charge in [0.05, 0.1) is 12.1 Å². The minimum absolute atomic E-state index is 0.0708. The Labute approximate surface area is 102 Å². The summed E-state index contributed by atoms with van der Waals surface area (Å²) in [5.41, 5.74) is 8.20. The Hall–Kier alpha value is -1.35. The summed E-state index contributed by atoms with van der Waals surface area (Å²) in [4.78, 5) is 11.7. The maximum atomic E-state index is 11.7. The smallest absolute Gasteiger partial charge is 0.237 e. The Kier molecular flexibility index (Phi) is 3.48. The van der Waals surface area contributed by atoms with E-state index in [1.54, 1.807) is 6.92 Å². The monoisotopic (exact) mass is 232 g/mol. The minimum atomic E-state index is -0.448. The molecular weight excluding hydrogens is 212 g/mol. The molecule has 0 fully saturated rings. The number of hydrogen-bond acceptors (Lipinski definition) is 2. The molecule has 0 saturated carbocycles. The topological polar surface area (TPSA) is 55.1 Å². The van der Waals surface area contributed by atoms with Crippen molar-refractivity contribution in [2.45, 2.75) is 38.8 Å². The quantitative estimate of drug-likeness (QED) is 0.816. The van der Waals surface area contributed by atoms with Crippen molar-refractivity contribution in [1.82, 2.24) is 5.32 Å². The molecule has 0 spiro atoms. The number of benzene rings is 1. The van der Waals surface area contributed by atoms with Crippen LogP contribution < -0.4 is 11.1 Å². The van der Waals surface area contributed by atoms with Gasteiger partial charge in [0.2, 0.25) is 5.91 Å². The van der Waals surface area contributed by atoms with E-state index in [2.05, 4.69) is 30.4 Å². The summed E-state index contributed by atoms with van der Waals surface area (Å²) >= 11 is 0. The summed E-state index contributed by atoms with van der Waals surface area (Å²) in [5, 5.41) is 3.06. The molecule has 3 N–H and O–H groups in total. The fourth-order valence-electron chi connectivity index (χ4n) is 2.43. The molecule has 0 bridgehead atoms. The van der Waals surface area contributed by atoms with E-state index < -0.39 is 6.04 Å². The zero-order valence-electron chi connectivity index (χ0n) is 10.4. The van der Waals surface area contributed by atoms with E-state index in [1.165, 1.54) is 11.1 Å². The highest BCUT2D eigenvalue weighted by Gasteiger charge is 2.27. The third kappa shape index (κ3) is 2.50.